The Balaban J connectivity index is 1.66. The number of anilines is 1. The molecule has 1 aliphatic heterocycles. The molecule has 3 heterocycles. The van der Waals surface area contributed by atoms with Crippen LogP contribution in [-0.4, -0.2) is 49.0 Å². The van der Waals surface area contributed by atoms with Crippen molar-refractivity contribution in [3.8, 4) is 16.5 Å². The van der Waals surface area contributed by atoms with Crippen molar-refractivity contribution in [3.63, 3.8) is 0 Å². The minimum atomic E-state index is -3.93. The predicted molar refractivity (Wildman–Crippen MR) is 125 cm³/mol. The number of rotatable bonds is 7. The zero-order valence-electron chi connectivity index (χ0n) is 17.7. The van der Waals surface area contributed by atoms with Crippen LogP contribution in [0, 0.1) is 6.92 Å². The van der Waals surface area contributed by atoms with Crippen LogP contribution < -0.4 is 9.46 Å². The number of ether oxygens (including phenoxy) is 1. The summed E-state index contributed by atoms with van der Waals surface area (Å²) >= 11 is 7.53. The van der Waals surface area contributed by atoms with Gasteiger partial charge in [-0.3, -0.25) is 9.52 Å². The van der Waals surface area contributed by atoms with Crippen molar-refractivity contribution in [2.24, 2.45) is 0 Å². The summed E-state index contributed by atoms with van der Waals surface area (Å²) in [6.07, 6.45) is 3.46. The van der Waals surface area contributed by atoms with Crippen LogP contribution in [0.2, 0.25) is 5.02 Å². The van der Waals surface area contributed by atoms with Gasteiger partial charge in [0.2, 0.25) is 5.91 Å². The molecule has 11 heteroatoms. The van der Waals surface area contributed by atoms with E-state index in [2.05, 4.69) is 9.71 Å². The summed E-state index contributed by atoms with van der Waals surface area (Å²) < 4.78 is 35.5. The molecule has 1 saturated heterocycles. The van der Waals surface area contributed by atoms with E-state index in [0.717, 1.165) is 31.6 Å². The number of amides is 1. The highest BCUT2D eigenvalue weighted by Crippen LogP contribution is 2.31. The summed E-state index contributed by atoms with van der Waals surface area (Å²) in [5.74, 6) is 0.411. The lowest BCUT2D eigenvalue weighted by atomic mass is 10.3. The number of sulfonamides is 1. The van der Waals surface area contributed by atoms with Gasteiger partial charge in [-0.15, -0.1) is 11.3 Å². The first-order valence-electron chi connectivity index (χ1n) is 10.0. The van der Waals surface area contributed by atoms with Crippen molar-refractivity contribution in [2.75, 3.05) is 24.9 Å². The van der Waals surface area contributed by atoms with Crippen molar-refractivity contribution in [2.45, 2.75) is 31.2 Å². The summed E-state index contributed by atoms with van der Waals surface area (Å²) in [6.45, 7) is 3.39. The molecule has 1 N–H and O–H groups in total. The Hall–Kier alpha value is -2.56. The molecule has 0 spiro atoms. The van der Waals surface area contributed by atoms with Crippen molar-refractivity contribution < 1.29 is 17.9 Å². The smallest absolute Gasteiger partial charge is 0.263 e. The van der Waals surface area contributed by atoms with Crippen LogP contribution in [0.3, 0.4) is 0 Å². The number of halogens is 1. The Morgan fingerprint density at radius 2 is 2.03 bits per heavy atom. The van der Waals surface area contributed by atoms with Gasteiger partial charge in [0.25, 0.3) is 10.0 Å². The van der Waals surface area contributed by atoms with E-state index < -0.39 is 10.0 Å². The number of hydrogen-bond donors (Lipinski definition) is 1. The van der Waals surface area contributed by atoms with E-state index in [-0.39, 0.29) is 17.3 Å². The molecule has 0 saturated carbocycles. The van der Waals surface area contributed by atoms with Gasteiger partial charge in [0.15, 0.2) is 0 Å². The third-order valence-corrected chi connectivity index (χ3v) is 7.81. The topological polar surface area (TPSA) is 93.5 Å². The van der Waals surface area contributed by atoms with Gasteiger partial charge in [-0.05, 0) is 44.0 Å². The number of nitrogens with one attached hydrogen (secondary N) is 1. The van der Waals surface area contributed by atoms with Crippen LogP contribution >= 0.6 is 22.9 Å². The molecule has 0 bridgehead atoms. The average molecular weight is 495 g/mol. The Morgan fingerprint density at radius 3 is 2.66 bits per heavy atom. The van der Waals surface area contributed by atoms with E-state index in [0.29, 0.717) is 27.2 Å². The second-order valence-electron chi connectivity index (χ2n) is 7.53. The van der Waals surface area contributed by atoms with E-state index in [1.807, 2.05) is 17.2 Å². The second kappa shape index (κ2) is 9.13. The van der Waals surface area contributed by atoms with Crippen LogP contribution in [0.25, 0.3) is 10.7 Å². The normalized spacial score (nSPS) is 14.0. The maximum atomic E-state index is 13.1. The van der Waals surface area contributed by atoms with E-state index in [9.17, 15) is 13.2 Å². The van der Waals surface area contributed by atoms with Crippen LogP contribution in [-0.2, 0) is 21.4 Å². The van der Waals surface area contributed by atoms with E-state index in [1.165, 1.54) is 30.7 Å². The molecule has 1 fully saturated rings. The Morgan fingerprint density at radius 1 is 1.28 bits per heavy atom. The van der Waals surface area contributed by atoms with Crippen LogP contribution in [0.1, 0.15) is 18.5 Å². The van der Waals surface area contributed by atoms with Gasteiger partial charge in [-0.2, -0.15) is 0 Å². The van der Waals surface area contributed by atoms with Crippen LogP contribution in [0.15, 0.2) is 40.7 Å². The predicted octanol–water partition coefficient (Wildman–Crippen LogP) is 4.01. The summed E-state index contributed by atoms with van der Waals surface area (Å²) in [6, 6.07) is 6.19. The standard InChI is InChI=1S/C21H23ClN4O4S2/c1-14-13-31-21(23-14)18-10-16(11-26(18)12-20(27)25-7-3-4-8-25)32(28,29)24-15-5-6-19(30-2)17(22)9-15/h5-6,9-11,13,24H,3-4,7-8,12H2,1-2H3. The zero-order chi connectivity index (χ0) is 22.9. The third kappa shape index (κ3) is 4.77. The van der Waals surface area contributed by atoms with Gasteiger partial charge >= 0.3 is 0 Å². The molecule has 32 heavy (non-hydrogen) atoms. The first kappa shape index (κ1) is 22.6. The largest absolute Gasteiger partial charge is 0.495 e. The lowest BCUT2D eigenvalue weighted by Crippen LogP contribution is -2.31. The molecule has 170 valence electrons. The maximum Gasteiger partial charge on any atom is 0.263 e. The highest BCUT2D eigenvalue weighted by molar-refractivity contribution is 7.92. The minimum Gasteiger partial charge on any atom is -0.495 e. The number of thiazole rings is 1. The highest BCUT2D eigenvalue weighted by Gasteiger charge is 2.24. The molecule has 0 radical (unpaired) electrons. The SMILES string of the molecule is COc1ccc(NS(=O)(=O)c2cc(-c3nc(C)cs3)n(CC(=O)N3CCCC3)c2)cc1Cl. The summed E-state index contributed by atoms with van der Waals surface area (Å²) in [7, 11) is -2.44. The van der Waals surface area contributed by atoms with Gasteiger partial charge in [0.05, 0.1) is 23.5 Å². The number of methoxy groups -OCH3 is 1. The number of carbonyl (C=O) groups is 1. The summed E-state index contributed by atoms with van der Waals surface area (Å²) in [5.41, 5.74) is 1.73. The van der Waals surface area contributed by atoms with Gasteiger partial charge in [-0.1, -0.05) is 11.6 Å². The molecule has 0 unspecified atom stereocenters. The van der Waals surface area contributed by atoms with Crippen LogP contribution in [0.4, 0.5) is 5.69 Å². The van der Waals surface area contributed by atoms with E-state index in [1.54, 1.807) is 22.8 Å². The van der Waals surface area contributed by atoms with E-state index in [4.69, 9.17) is 16.3 Å². The summed E-state index contributed by atoms with van der Waals surface area (Å²) in [4.78, 5) is 19.1. The molecule has 1 aliphatic rings. The number of benzene rings is 1. The van der Waals surface area contributed by atoms with Gasteiger partial charge in [0, 0.05) is 30.4 Å². The molecule has 4 rings (SSSR count). The molecular weight excluding hydrogens is 472 g/mol. The number of likely N-dealkylation sites (tertiary alicyclic amines) is 1. The number of carbonyl (C=O) groups excluding carboxylic acids is 1. The van der Waals surface area contributed by atoms with Crippen molar-refractivity contribution in [3.05, 3.63) is 46.6 Å². The fraction of sp³-hybridized carbons (Fsp3) is 0.333. The molecule has 1 amide bonds. The lowest BCUT2D eigenvalue weighted by molar-refractivity contribution is -0.130. The van der Waals surface area contributed by atoms with Crippen molar-refractivity contribution >= 4 is 44.6 Å². The molecular formula is C21H23ClN4O4S2. The van der Waals surface area contributed by atoms with Crippen molar-refractivity contribution in [1.29, 1.82) is 0 Å². The monoisotopic (exact) mass is 494 g/mol. The fourth-order valence-corrected chi connectivity index (χ4v) is 5.74. The maximum absolute atomic E-state index is 13.1. The first-order chi connectivity index (χ1) is 15.3. The number of aryl methyl sites for hydroxylation is 1. The van der Waals surface area contributed by atoms with Crippen molar-refractivity contribution in [1.82, 2.24) is 14.5 Å². The van der Waals surface area contributed by atoms with Gasteiger partial charge in [0.1, 0.15) is 22.2 Å². The Kier molecular flexibility index (Phi) is 6.45. The molecule has 8 nitrogen and oxygen atoms in total. The number of aromatic nitrogens is 2. The van der Waals surface area contributed by atoms with E-state index >= 15 is 0 Å². The molecule has 3 aromatic rings. The Labute approximate surface area is 195 Å². The second-order valence-corrected chi connectivity index (χ2v) is 10.5. The molecule has 1 aromatic carbocycles. The van der Waals surface area contributed by atoms with Crippen LogP contribution in [0.5, 0.6) is 5.75 Å². The number of hydrogen-bond acceptors (Lipinski definition) is 6. The van der Waals surface area contributed by atoms with Gasteiger partial charge < -0.3 is 14.2 Å². The molecule has 2 aromatic heterocycles. The zero-order valence-corrected chi connectivity index (χ0v) is 20.1. The third-order valence-electron chi connectivity index (χ3n) is 5.19. The molecule has 0 aliphatic carbocycles. The first-order valence-corrected chi connectivity index (χ1v) is 12.8. The fourth-order valence-electron chi connectivity index (χ4n) is 3.57. The minimum absolute atomic E-state index is 0.0357. The number of nitrogens with zero attached hydrogens (tertiary/aromatic N) is 3. The lowest BCUT2D eigenvalue weighted by Gasteiger charge is -2.16. The molecule has 0 atom stereocenters. The highest BCUT2D eigenvalue weighted by atomic mass is 35.5. The van der Waals surface area contributed by atoms with Gasteiger partial charge in [-0.25, -0.2) is 13.4 Å². The summed E-state index contributed by atoms with van der Waals surface area (Å²) in [5, 5.41) is 2.84. The quantitative estimate of drug-likeness (QED) is 0.535. The Bertz CT molecular complexity index is 1250. The average Bonchev–Trinajstić information content (AvgIpc) is 3.48.